The summed E-state index contributed by atoms with van der Waals surface area (Å²) in [6.45, 7) is 4.30. The number of thiazole rings is 1. The smallest absolute Gasteiger partial charge is 0.300 e. The van der Waals surface area contributed by atoms with Gasteiger partial charge in [-0.25, -0.2) is 9.78 Å². The number of rotatable bonds is 5. The lowest BCUT2D eigenvalue weighted by Gasteiger charge is -2.06. The summed E-state index contributed by atoms with van der Waals surface area (Å²) >= 11 is 7.09. The van der Waals surface area contributed by atoms with Gasteiger partial charge in [-0.1, -0.05) is 0 Å². The second-order valence-corrected chi connectivity index (χ2v) is 6.12. The molecule has 0 aromatic carbocycles. The molecule has 0 aliphatic rings. The molecule has 2 aromatic rings. The highest BCUT2D eigenvalue weighted by Gasteiger charge is 2.13. The average Bonchev–Trinajstić information content (AvgIpc) is 2.71. The van der Waals surface area contributed by atoms with Crippen molar-refractivity contribution in [2.75, 3.05) is 5.88 Å². The van der Waals surface area contributed by atoms with E-state index in [9.17, 15) is 9.59 Å². The lowest BCUT2D eigenvalue weighted by molar-refractivity contribution is 0.599. The molecule has 0 saturated carbocycles. The van der Waals surface area contributed by atoms with Crippen LogP contribution in [0, 0.1) is 13.8 Å². The molecule has 0 amide bonds. The lowest BCUT2D eigenvalue weighted by atomic mass is 10.2. The molecular weight excluding hydrogens is 298 g/mol. The second kappa shape index (κ2) is 6.37. The summed E-state index contributed by atoms with van der Waals surface area (Å²) in [6, 6.07) is 0. The summed E-state index contributed by atoms with van der Waals surface area (Å²) in [7, 11) is 0. The Morgan fingerprint density at radius 2 is 2.10 bits per heavy atom. The first-order chi connectivity index (χ1) is 9.52. The predicted molar refractivity (Wildman–Crippen MR) is 81.9 cm³/mol. The average molecular weight is 314 g/mol. The third-order valence-corrected chi connectivity index (χ3v) is 4.32. The summed E-state index contributed by atoms with van der Waals surface area (Å²) in [5.41, 5.74) is 0.560. The van der Waals surface area contributed by atoms with Crippen LogP contribution in [0.5, 0.6) is 0 Å². The Morgan fingerprint density at radius 1 is 1.35 bits per heavy atom. The fourth-order valence-electron chi connectivity index (χ4n) is 2.00. The third kappa shape index (κ3) is 3.19. The molecule has 0 fully saturated rings. The van der Waals surface area contributed by atoms with Crippen molar-refractivity contribution in [1.82, 2.24) is 14.5 Å². The number of aryl methyl sites for hydroxylation is 3. The minimum atomic E-state index is -0.382. The van der Waals surface area contributed by atoms with E-state index in [-0.39, 0.29) is 11.2 Å². The standard InChI is InChI=1S/C13H16ClN3O2S/c1-8-11(20-9(2)15-8)10-7-17(6-4-3-5-14)13(19)16-12(10)18/h7H,3-6H2,1-2H3,(H,16,18,19). The number of aromatic amines is 1. The van der Waals surface area contributed by atoms with Crippen LogP contribution >= 0.6 is 22.9 Å². The molecule has 2 rings (SSSR count). The normalized spacial score (nSPS) is 10.9. The third-order valence-electron chi connectivity index (χ3n) is 2.94. The van der Waals surface area contributed by atoms with Crippen molar-refractivity contribution < 1.29 is 0 Å². The first-order valence-corrected chi connectivity index (χ1v) is 7.72. The molecular formula is C13H16ClN3O2S. The van der Waals surface area contributed by atoms with Crippen LogP contribution < -0.4 is 11.2 Å². The number of hydrogen-bond donors (Lipinski definition) is 1. The molecule has 0 radical (unpaired) electrons. The van der Waals surface area contributed by atoms with E-state index in [0.717, 1.165) is 28.4 Å². The van der Waals surface area contributed by atoms with Crippen LogP contribution in [-0.2, 0) is 6.54 Å². The van der Waals surface area contributed by atoms with Gasteiger partial charge < -0.3 is 0 Å². The van der Waals surface area contributed by atoms with Crippen molar-refractivity contribution in [3.63, 3.8) is 0 Å². The molecule has 2 heterocycles. The van der Waals surface area contributed by atoms with Crippen molar-refractivity contribution >= 4 is 22.9 Å². The van der Waals surface area contributed by atoms with Gasteiger partial charge in [0, 0.05) is 18.6 Å². The molecule has 0 aliphatic carbocycles. The lowest BCUT2D eigenvalue weighted by Crippen LogP contribution is -2.30. The van der Waals surface area contributed by atoms with Gasteiger partial charge in [0.15, 0.2) is 0 Å². The fraction of sp³-hybridized carbons (Fsp3) is 0.462. The van der Waals surface area contributed by atoms with Crippen LogP contribution in [0.4, 0.5) is 0 Å². The van der Waals surface area contributed by atoms with E-state index in [2.05, 4.69) is 9.97 Å². The Labute approximate surface area is 125 Å². The molecule has 5 nitrogen and oxygen atoms in total. The highest BCUT2D eigenvalue weighted by Crippen LogP contribution is 2.26. The van der Waals surface area contributed by atoms with Gasteiger partial charge in [0.2, 0.25) is 0 Å². The number of hydrogen-bond acceptors (Lipinski definition) is 4. The summed E-state index contributed by atoms with van der Waals surface area (Å²) in [5.74, 6) is 0.568. The molecule has 0 bridgehead atoms. The van der Waals surface area contributed by atoms with Gasteiger partial charge in [0.05, 0.1) is 21.1 Å². The van der Waals surface area contributed by atoms with E-state index in [1.165, 1.54) is 15.9 Å². The Balaban J connectivity index is 2.43. The zero-order valence-electron chi connectivity index (χ0n) is 11.4. The Hall–Kier alpha value is -1.40. The van der Waals surface area contributed by atoms with Crippen LogP contribution in [0.15, 0.2) is 15.8 Å². The SMILES string of the molecule is Cc1nc(C)c(-c2cn(CCCCCl)c(=O)[nH]c2=O)s1. The zero-order valence-corrected chi connectivity index (χ0v) is 13.0. The largest absolute Gasteiger partial charge is 0.328 e. The van der Waals surface area contributed by atoms with Crippen LogP contribution in [0.25, 0.3) is 10.4 Å². The summed E-state index contributed by atoms with van der Waals surface area (Å²) in [6.07, 6.45) is 3.26. The Morgan fingerprint density at radius 3 is 2.70 bits per heavy atom. The Kier molecular flexibility index (Phi) is 4.77. The highest BCUT2D eigenvalue weighted by molar-refractivity contribution is 7.15. The van der Waals surface area contributed by atoms with E-state index in [1.54, 1.807) is 6.20 Å². The van der Waals surface area contributed by atoms with Gasteiger partial charge in [0.1, 0.15) is 0 Å². The van der Waals surface area contributed by atoms with E-state index in [4.69, 9.17) is 11.6 Å². The first-order valence-electron chi connectivity index (χ1n) is 6.37. The van der Waals surface area contributed by atoms with Gasteiger partial charge >= 0.3 is 5.69 Å². The number of nitrogens with zero attached hydrogens (tertiary/aromatic N) is 2. The van der Waals surface area contributed by atoms with Gasteiger partial charge in [-0.05, 0) is 26.7 Å². The molecule has 20 heavy (non-hydrogen) atoms. The van der Waals surface area contributed by atoms with Gasteiger partial charge in [-0.2, -0.15) is 0 Å². The summed E-state index contributed by atoms with van der Waals surface area (Å²) in [5, 5.41) is 0.900. The van der Waals surface area contributed by atoms with Crippen molar-refractivity contribution in [2.24, 2.45) is 0 Å². The van der Waals surface area contributed by atoms with Crippen LogP contribution in [0.1, 0.15) is 23.5 Å². The predicted octanol–water partition coefficient (Wildman–Crippen LogP) is 2.30. The molecule has 0 saturated heterocycles. The molecule has 0 atom stereocenters. The van der Waals surface area contributed by atoms with Crippen LogP contribution in [-0.4, -0.2) is 20.4 Å². The molecule has 7 heteroatoms. The minimum absolute atomic E-state index is 0.365. The number of nitrogens with one attached hydrogen (secondary N) is 1. The topological polar surface area (TPSA) is 67.8 Å². The van der Waals surface area contributed by atoms with Crippen molar-refractivity contribution in [3.8, 4) is 10.4 Å². The Bertz CT molecular complexity index is 717. The molecule has 0 aliphatic heterocycles. The molecule has 1 N–H and O–H groups in total. The first kappa shape index (κ1) is 15.0. The zero-order chi connectivity index (χ0) is 14.7. The van der Waals surface area contributed by atoms with E-state index >= 15 is 0 Å². The van der Waals surface area contributed by atoms with Gasteiger partial charge in [-0.3, -0.25) is 14.3 Å². The number of alkyl halides is 1. The fourth-order valence-corrected chi connectivity index (χ4v) is 3.11. The van der Waals surface area contributed by atoms with Crippen molar-refractivity contribution in [2.45, 2.75) is 33.2 Å². The molecule has 2 aromatic heterocycles. The maximum absolute atomic E-state index is 12.0. The van der Waals surface area contributed by atoms with E-state index in [0.29, 0.717) is 18.0 Å². The van der Waals surface area contributed by atoms with Crippen molar-refractivity contribution in [1.29, 1.82) is 0 Å². The summed E-state index contributed by atoms with van der Waals surface area (Å²) < 4.78 is 1.53. The number of H-pyrrole nitrogens is 1. The quantitative estimate of drug-likeness (QED) is 0.680. The van der Waals surface area contributed by atoms with Crippen LogP contribution in [0.2, 0.25) is 0 Å². The number of halogens is 1. The molecule has 0 unspecified atom stereocenters. The highest BCUT2D eigenvalue weighted by atomic mass is 35.5. The van der Waals surface area contributed by atoms with Crippen molar-refractivity contribution in [3.05, 3.63) is 37.7 Å². The monoisotopic (exact) mass is 313 g/mol. The number of unbranched alkanes of at least 4 members (excludes halogenated alkanes) is 1. The van der Waals surface area contributed by atoms with Gasteiger partial charge in [-0.15, -0.1) is 22.9 Å². The second-order valence-electron chi connectivity index (χ2n) is 4.54. The van der Waals surface area contributed by atoms with Crippen LogP contribution in [0.3, 0.4) is 0 Å². The minimum Gasteiger partial charge on any atom is -0.300 e. The van der Waals surface area contributed by atoms with E-state index < -0.39 is 0 Å². The summed E-state index contributed by atoms with van der Waals surface area (Å²) in [4.78, 5) is 31.2. The molecule has 108 valence electrons. The van der Waals surface area contributed by atoms with Gasteiger partial charge in [0.25, 0.3) is 5.56 Å². The molecule has 0 spiro atoms. The maximum atomic E-state index is 12.0. The number of aromatic nitrogens is 3. The maximum Gasteiger partial charge on any atom is 0.328 e. The van der Waals surface area contributed by atoms with E-state index in [1.807, 2.05) is 13.8 Å².